The molecule has 0 radical (unpaired) electrons. The maximum atomic E-state index is 12.5. The van der Waals surface area contributed by atoms with Gasteiger partial charge in [-0.3, -0.25) is 9.59 Å². The van der Waals surface area contributed by atoms with E-state index in [1.807, 2.05) is 41.5 Å². The molecule has 3 aliphatic carbocycles. The average molecular weight is 392 g/mol. The summed E-state index contributed by atoms with van der Waals surface area (Å²) in [7, 11) is 0. The van der Waals surface area contributed by atoms with Crippen LogP contribution in [0.4, 0.5) is 0 Å². The first-order chi connectivity index (χ1) is 12.9. The van der Waals surface area contributed by atoms with Crippen molar-refractivity contribution in [3.8, 4) is 5.75 Å². The number of amides is 1. The molecule has 1 aromatic rings. The Bertz CT molecular complexity index is 800. The summed E-state index contributed by atoms with van der Waals surface area (Å²) in [4.78, 5) is 25.0. The quantitative estimate of drug-likeness (QED) is 0.709. The van der Waals surface area contributed by atoms with Crippen molar-refractivity contribution in [1.82, 2.24) is 15.1 Å². The number of aromatic nitrogens is 2. The molecule has 0 aromatic carbocycles. The minimum atomic E-state index is -0.726. The third-order valence-corrected chi connectivity index (χ3v) is 6.14. The van der Waals surface area contributed by atoms with E-state index in [9.17, 15) is 14.7 Å². The Hall–Kier alpha value is -1.89. The number of rotatable bonds is 8. The largest absolute Gasteiger partial charge is 0.491 e. The van der Waals surface area contributed by atoms with Crippen LogP contribution in [-0.2, 0) is 11.3 Å². The molecule has 4 rings (SSSR count). The van der Waals surface area contributed by atoms with Crippen molar-refractivity contribution in [3.63, 3.8) is 0 Å². The summed E-state index contributed by atoms with van der Waals surface area (Å²) in [6, 6.07) is 1.43. The van der Waals surface area contributed by atoms with Crippen LogP contribution >= 0.6 is 0 Å². The van der Waals surface area contributed by atoms with Gasteiger partial charge in [0.2, 0.25) is 5.91 Å². The van der Waals surface area contributed by atoms with Crippen molar-refractivity contribution in [1.29, 1.82) is 0 Å². The van der Waals surface area contributed by atoms with Gasteiger partial charge in [0.25, 0.3) is 5.56 Å². The molecule has 1 heterocycles. The molecule has 3 fully saturated rings. The van der Waals surface area contributed by atoms with E-state index in [1.165, 1.54) is 10.7 Å². The van der Waals surface area contributed by atoms with Gasteiger partial charge in [-0.2, -0.15) is 5.10 Å². The zero-order valence-corrected chi connectivity index (χ0v) is 17.8. The minimum absolute atomic E-state index is 0.0707. The lowest BCUT2D eigenvalue weighted by Gasteiger charge is -2.74. The van der Waals surface area contributed by atoms with Gasteiger partial charge in [-0.05, 0) is 39.0 Å². The van der Waals surface area contributed by atoms with Crippen LogP contribution in [0.3, 0.4) is 0 Å². The van der Waals surface area contributed by atoms with Crippen LogP contribution in [0.15, 0.2) is 10.9 Å². The predicted molar refractivity (Wildman–Crippen MR) is 106 cm³/mol. The summed E-state index contributed by atoms with van der Waals surface area (Å²) in [5.74, 6) is 0.691. The highest BCUT2D eigenvalue weighted by Gasteiger charge is 2.73. The average Bonchev–Trinajstić information content (AvgIpc) is 2.47. The molecular formula is C21H33N3O4. The van der Waals surface area contributed by atoms with Crippen molar-refractivity contribution in [2.75, 3.05) is 6.61 Å². The lowest BCUT2D eigenvalue weighted by atomic mass is 9.35. The summed E-state index contributed by atoms with van der Waals surface area (Å²) in [6.45, 7) is 12.1. The molecule has 0 atom stereocenters. The maximum absolute atomic E-state index is 12.5. The SMILES string of the molecule is CC(C)COc1cc(=O)n(CC(=O)NC23CC(C(C)(C)O)(C2)C3)nc1C(C)C. The van der Waals surface area contributed by atoms with E-state index < -0.39 is 5.60 Å². The first-order valence-corrected chi connectivity index (χ1v) is 10.1. The first-order valence-electron chi connectivity index (χ1n) is 10.1. The second-order valence-electron chi connectivity index (χ2n) is 9.95. The molecule has 0 unspecified atom stereocenters. The maximum Gasteiger partial charge on any atom is 0.270 e. The molecule has 2 bridgehead atoms. The van der Waals surface area contributed by atoms with Crippen LogP contribution in [0.2, 0.25) is 0 Å². The Labute approximate surface area is 166 Å². The third kappa shape index (κ3) is 3.69. The molecule has 7 heteroatoms. The number of ether oxygens (including phenoxy) is 1. The van der Waals surface area contributed by atoms with E-state index in [2.05, 4.69) is 10.4 Å². The van der Waals surface area contributed by atoms with E-state index in [4.69, 9.17) is 4.74 Å². The number of hydrogen-bond donors (Lipinski definition) is 2. The third-order valence-electron chi connectivity index (χ3n) is 6.14. The molecule has 156 valence electrons. The van der Waals surface area contributed by atoms with Crippen LogP contribution in [0, 0.1) is 11.3 Å². The highest BCUT2D eigenvalue weighted by molar-refractivity contribution is 5.77. The van der Waals surface area contributed by atoms with Gasteiger partial charge < -0.3 is 15.2 Å². The number of aliphatic hydroxyl groups is 1. The molecule has 3 aliphatic rings. The summed E-state index contributed by atoms with van der Waals surface area (Å²) in [6.07, 6.45) is 2.37. The fraction of sp³-hybridized carbons (Fsp3) is 0.762. The number of nitrogens with one attached hydrogen (secondary N) is 1. The lowest BCUT2D eigenvalue weighted by Crippen LogP contribution is -2.80. The number of hydrogen-bond acceptors (Lipinski definition) is 5. The van der Waals surface area contributed by atoms with E-state index >= 15 is 0 Å². The Morgan fingerprint density at radius 1 is 1.32 bits per heavy atom. The van der Waals surface area contributed by atoms with Crippen molar-refractivity contribution < 1.29 is 14.6 Å². The molecule has 0 saturated heterocycles. The summed E-state index contributed by atoms with van der Waals surface area (Å²) < 4.78 is 6.97. The molecule has 1 amide bonds. The zero-order valence-electron chi connectivity index (χ0n) is 17.8. The Balaban J connectivity index is 1.67. The van der Waals surface area contributed by atoms with E-state index in [-0.39, 0.29) is 34.9 Å². The molecule has 0 spiro atoms. The Morgan fingerprint density at radius 3 is 2.43 bits per heavy atom. The smallest absolute Gasteiger partial charge is 0.270 e. The second-order valence-corrected chi connectivity index (χ2v) is 9.95. The molecule has 3 saturated carbocycles. The molecule has 28 heavy (non-hydrogen) atoms. The fourth-order valence-electron chi connectivity index (χ4n) is 4.42. The second kappa shape index (κ2) is 6.87. The highest BCUT2D eigenvalue weighted by Crippen LogP contribution is 2.71. The van der Waals surface area contributed by atoms with Crippen molar-refractivity contribution >= 4 is 5.91 Å². The molecular weight excluding hydrogens is 358 g/mol. The standard InChI is InChI=1S/C21H33N3O4/c1-13(2)9-28-15-7-17(26)24(23-18(15)14(3)4)8-16(25)22-21-10-20(11-21,12-21)19(5,6)27/h7,13-14,27H,8-12H2,1-6H3,(H,22,25). The Morgan fingerprint density at radius 2 is 1.93 bits per heavy atom. The van der Waals surface area contributed by atoms with Gasteiger partial charge in [0.1, 0.15) is 18.0 Å². The van der Waals surface area contributed by atoms with Crippen LogP contribution in [0.1, 0.15) is 72.4 Å². The lowest BCUT2D eigenvalue weighted by molar-refractivity contribution is -0.250. The van der Waals surface area contributed by atoms with E-state index in [0.717, 1.165) is 19.3 Å². The molecule has 2 N–H and O–H groups in total. The van der Waals surface area contributed by atoms with Gasteiger partial charge in [0.05, 0.1) is 12.2 Å². The zero-order chi connectivity index (χ0) is 20.9. The molecule has 1 aromatic heterocycles. The van der Waals surface area contributed by atoms with Crippen LogP contribution in [0.25, 0.3) is 0 Å². The van der Waals surface area contributed by atoms with Gasteiger partial charge in [-0.15, -0.1) is 0 Å². The Kier molecular flexibility index (Phi) is 5.11. The summed E-state index contributed by atoms with van der Waals surface area (Å²) in [5.41, 5.74) is -0.684. The molecule has 7 nitrogen and oxygen atoms in total. The predicted octanol–water partition coefficient (Wildman–Crippen LogP) is 2.21. The van der Waals surface area contributed by atoms with Gasteiger partial charge in [-0.1, -0.05) is 27.7 Å². The minimum Gasteiger partial charge on any atom is -0.491 e. The normalized spacial score (nSPS) is 26.0. The van der Waals surface area contributed by atoms with Gasteiger partial charge in [0, 0.05) is 22.9 Å². The number of carbonyl (C=O) groups excluding carboxylic acids is 1. The fourth-order valence-corrected chi connectivity index (χ4v) is 4.42. The van der Waals surface area contributed by atoms with E-state index in [1.54, 1.807) is 0 Å². The highest BCUT2D eigenvalue weighted by atomic mass is 16.5. The first kappa shape index (κ1) is 20.8. The van der Waals surface area contributed by atoms with E-state index in [0.29, 0.717) is 24.0 Å². The topological polar surface area (TPSA) is 93.5 Å². The summed E-state index contributed by atoms with van der Waals surface area (Å²) >= 11 is 0. The number of carbonyl (C=O) groups is 1. The van der Waals surface area contributed by atoms with Crippen LogP contribution in [0.5, 0.6) is 5.75 Å². The van der Waals surface area contributed by atoms with Crippen molar-refractivity contribution in [2.24, 2.45) is 11.3 Å². The van der Waals surface area contributed by atoms with Gasteiger partial charge in [-0.25, -0.2) is 4.68 Å². The van der Waals surface area contributed by atoms with Gasteiger partial charge >= 0.3 is 0 Å². The molecule has 0 aliphatic heterocycles. The monoisotopic (exact) mass is 391 g/mol. The van der Waals surface area contributed by atoms with Crippen molar-refractivity contribution in [3.05, 3.63) is 22.1 Å². The van der Waals surface area contributed by atoms with Crippen LogP contribution < -0.4 is 15.6 Å². The summed E-state index contributed by atoms with van der Waals surface area (Å²) in [5, 5.41) is 17.7. The number of nitrogens with zero attached hydrogens (tertiary/aromatic N) is 2. The van der Waals surface area contributed by atoms with Gasteiger partial charge in [0.15, 0.2) is 0 Å². The van der Waals surface area contributed by atoms with Crippen molar-refractivity contribution in [2.45, 2.75) is 84.4 Å². The van der Waals surface area contributed by atoms with Crippen LogP contribution in [-0.4, -0.2) is 38.5 Å².